The van der Waals surface area contributed by atoms with Gasteiger partial charge < -0.3 is 15.2 Å². The Morgan fingerprint density at radius 1 is 1.47 bits per heavy atom. The van der Waals surface area contributed by atoms with Crippen molar-refractivity contribution in [3.8, 4) is 5.75 Å². The van der Waals surface area contributed by atoms with E-state index < -0.39 is 0 Å². The van der Waals surface area contributed by atoms with Gasteiger partial charge >= 0.3 is 0 Å². The molecule has 2 N–H and O–H groups in total. The summed E-state index contributed by atoms with van der Waals surface area (Å²) in [5.74, 6) is -0.0379. The molecule has 19 heavy (non-hydrogen) atoms. The second-order valence-corrected chi connectivity index (χ2v) is 6.42. The van der Waals surface area contributed by atoms with Gasteiger partial charge in [-0.1, -0.05) is 13.8 Å². The number of phenolic OH excluding ortho intramolecular Hbond substituents is 1. The van der Waals surface area contributed by atoms with Gasteiger partial charge in [0.2, 0.25) is 0 Å². The number of rotatable bonds is 6. The van der Waals surface area contributed by atoms with Crippen LogP contribution in [0.1, 0.15) is 30.6 Å². The van der Waals surface area contributed by atoms with Crippen LogP contribution < -0.4 is 5.32 Å². The number of aromatic hydroxyl groups is 1. The first-order valence-electron chi connectivity index (χ1n) is 6.11. The van der Waals surface area contributed by atoms with E-state index in [2.05, 4.69) is 19.2 Å². The second-order valence-electron chi connectivity index (χ2n) is 5.26. The standard InChI is InChI=1S/C14H20INO3/c1-14(2,6-7-19-3)9-16-13(18)10-4-5-11(15)12(17)8-10/h4-5,8,17H,6-7,9H2,1-3H3,(H,16,18). The zero-order chi connectivity index (χ0) is 14.5. The van der Waals surface area contributed by atoms with Crippen molar-refractivity contribution in [2.45, 2.75) is 20.3 Å². The summed E-state index contributed by atoms with van der Waals surface area (Å²) >= 11 is 2.02. The zero-order valence-corrected chi connectivity index (χ0v) is 13.7. The topological polar surface area (TPSA) is 58.6 Å². The van der Waals surface area contributed by atoms with Crippen LogP contribution in [-0.2, 0) is 4.74 Å². The van der Waals surface area contributed by atoms with E-state index in [-0.39, 0.29) is 17.1 Å². The van der Waals surface area contributed by atoms with Crippen molar-refractivity contribution >= 4 is 28.5 Å². The van der Waals surface area contributed by atoms with Gasteiger partial charge in [0.1, 0.15) is 5.75 Å². The van der Waals surface area contributed by atoms with Gasteiger partial charge in [0.15, 0.2) is 0 Å². The highest BCUT2D eigenvalue weighted by molar-refractivity contribution is 14.1. The molecule has 0 unspecified atom stereocenters. The molecule has 5 heteroatoms. The quantitative estimate of drug-likeness (QED) is 0.750. The van der Waals surface area contributed by atoms with Crippen molar-refractivity contribution in [1.82, 2.24) is 5.32 Å². The summed E-state index contributed by atoms with van der Waals surface area (Å²) in [7, 11) is 1.67. The van der Waals surface area contributed by atoms with Gasteiger partial charge in [-0.3, -0.25) is 4.79 Å². The first kappa shape index (κ1) is 16.2. The fraction of sp³-hybridized carbons (Fsp3) is 0.500. The van der Waals surface area contributed by atoms with Crippen molar-refractivity contribution in [2.75, 3.05) is 20.3 Å². The number of phenols is 1. The summed E-state index contributed by atoms with van der Waals surface area (Å²) in [5, 5.41) is 12.5. The second kappa shape index (κ2) is 7.09. The van der Waals surface area contributed by atoms with Gasteiger partial charge in [0.25, 0.3) is 5.91 Å². The molecule has 0 spiro atoms. The third kappa shape index (κ3) is 5.36. The number of carbonyl (C=O) groups excluding carboxylic acids is 1. The minimum Gasteiger partial charge on any atom is -0.507 e. The summed E-state index contributed by atoms with van der Waals surface area (Å²) < 4.78 is 5.78. The van der Waals surface area contributed by atoms with Gasteiger partial charge in [-0.25, -0.2) is 0 Å². The molecule has 0 saturated carbocycles. The van der Waals surface area contributed by atoms with Crippen LogP contribution in [0.3, 0.4) is 0 Å². The molecule has 0 aliphatic carbocycles. The first-order chi connectivity index (χ1) is 8.85. The SMILES string of the molecule is COCCC(C)(C)CNC(=O)c1ccc(I)c(O)c1. The Kier molecular flexibility index (Phi) is 6.06. The van der Waals surface area contributed by atoms with E-state index in [9.17, 15) is 9.90 Å². The average Bonchev–Trinajstić information content (AvgIpc) is 2.37. The maximum absolute atomic E-state index is 12.0. The van der Waals surface area contributed by atoms with Crippen LogP contribution in [0.4, 0.5) is 0 Å². The maximum atomic E-state index is 12.0. The molecule has 0 aliphatic rings. The fourth-order valence-electron chi connectivity index (χ4n) is 1.54. The highest BCUT2D eigenvalue weighted by Crippen LogP contribution is 2.21. The number of hydrogen-bond acceptors (Lipinski definition) is 3. The number of carbonyl (C=O) groups is 1. The third-order valence-corrected chi connectivity index (χ3v) is 3.83. The molecule has 1 aromatic rings. The number of benzene rings is 1. The molecule has 0 aromatic heterocycles. The summed E-state index contributed by atoms with van der Waals surface area (Å²) in [6, 6.07) is 4.92. The normalized spacial score (nSPS) is 11.4. The van der Waals surface area contributed by atoms with Gasteiger partial charge in [-0.15, -0.1) is 0 Å². The largest absolute Gasteiger partial charge is 0.507 e. The Balaban J connectivity index is 2.57. The van der Waals surface area contributed by atoms with Crippen LogP contribution in [0.5, 0.6) is 5.75 Å². The van der Waals surface area contributed by atoms with E-state index in [1.165, 1.54) is 6.07 Å². The van der Waals surface area contributed by atoms with Crippen LogP contribution >= 0.6 is 22.6 Å². The van der Waals surface area contributed by atoms with Gasteiger partial charge in [0, 0.05) is 25.8 Å². The highest BCUT2D eigenvalue weighted by atomic mass is 127. The summed E-state index contributed by atoms with van der Waals surface area (Å²) in [6.45, 7) is 5.41. The zero-order valence-electron chi connectivity index (χ0n) is 11.5. The molecule has 1 aromatic carbocycles. The molecule has 0 aliphatic heterocycles. The first-order valence-corrected chi connectivity index (χ1v) is 7.19. The van der Waals surface area contributed by atoms with E-state index in [4.69, 9.17) is 4.74 Å². The number of methoxy groups -OCH3 is 1. The van der Waals surface area contributed by atoms with Crippen molar-refractivity contribution in [3.63, 3.8) is 0 Å². The minimum absolute atomic E-state index is 0.0169. The fourth-order valence-corrected chi connectivity index (χ4v) is 1.88. The molecule has 106 valence electrons. The predicted molar refractivity (Wildman–Crippen MR) is 83.4 cm³/mol. The van der Waals surface area contributed by atoms with Crippen LogP contribution in [0.25, 0.3) is 0 Å². The van der Waals surface area contributed by atoms with E-state index in [0.717, 1.165) is 9.99 Å². The third-order valence-electron chi connectivity index (χ3n) is 2.92. The molecule has 0 bridgehead atoms. The van der Waals surface area contributed by atoms with Crippen molar-refractivity contribution in [3.05, 3.63) is 27.3 Å². The maximum Gasteiger partial charge on any atom is 0.251 e. The minimum atomic E-state index is -0.169. The molecule has 1 rings (SSSR count). The van der Waals surface area contributed by atoms with Crippen molar-refractivity contribution in [1.29, 1.82) is 0 Å². The molecule has 1 amide bonds. The number of ether oxygens (including phenoxy) is 1. The number of amides is 1. The molecule has 0 heterocycles. The number of halogens is 1. The molecule has 0 saturated heterocycles. The average molecular weight is 377 g/mol. The van der Waals surface area contributed by atoms with Crippen LogP contribution in [-0.4, -0.2) is 31.3 Å². The predicted octanol–water partition coefficient (Wildman–Crippen LogP) is 2.79. The molecular weight excluding hydrogens is 357 g/mol. The van der Waals surface area contributed by atoms with E-state index >= 15 is 0 Å². The summed E-state index contributed by atoms with van der Waals surface area (Å²) in [4.78, 5) is 12.0. The monoisotopic (exact) mass is 377 g/mol. The molecule has 4 nitrogen and oxygen atoms in total. The van der Waals surface area contributed by atoms with Crippen molar-refractivity contribution in [2.24, 2.45) is 5.41 Å². The van der Waals surface area contributed by atoms with E-state index in [0.29, 0.717) is 18.7 Å². The van der Waals surface area contributed by atoms with E-state index in [1.807, 2.05) is 22.6 Å². The molecule has 0 radical (unpaired) electrons. The Morgan fingerprint density at radius 2 is 2.16 bits per heavy atom. The number of hydrogen-bond donors (Lipinski definition) is 2. The van der Waals surface area contributed by atoms with Crippen LogP contribution in [0.2, 0.25) is 0 Å². The van der Waals surface area contributed by atoms with E-state index in [1.54, 1.807) is 19.2 Å². The summed E-state index contributed by atoms with van der Waals surface area (Å²) in [5.41, 5.74) is 0.456. The van der Waals surface area contributed by atoms with Crippen molar-refractivity contribution < 1.29 is 14.6 Å². The smallest absolute Gasteiger partial charge is 0.251 e. The lowest BCUT2D eigenvalue weighted by molar-refractivity contribution is 0.0920. The molecule has 0 fully saturated rings. The molecule has 0 atom stereocenters. The van der Waals surface area contributed by atoms with Crippen LogP contribution in [0, 0.1) is 8.99 Å². The Hall–Kier alpha value is -0.820. The molecular formula is C14H20INO3. The highest BCUT2D eigenvalue weighted by Gasteiger charge is 2.19. The Labute approximate surface area is 127 Å². The lowest BCUT2D eigenvalue weighted by Gasteiger charge is -2.24. The Morgan fingerprint density at radius 3 is 2.74 bits per heavy atom. The summed E-state index contributed by atoms with van der Waals surface area (Å²) in [6.07, 6.45) is 0.877. The lowest BCUT2D eigenvalue weighted by Crippen LogP contribution is -2.34. The number of nitrogens with one attached hydrogen (secondary N) is 1. The van der Waals surface area contributed by atoms with Gasteiger partial charge in [-0.05, 0) is 52.6 Å². The lowest BCUT2D eigenvalue weighted by atomic mass is 9.89. The van der Waals surface area contributed by atoms with Gasteiger partial charge in [-0.2, -0.15) is 0 Å². The Bertz CT molecular complexity index is 446. The van der Waals surface area contributed by atoms with Gasteiger partial charge in [0.05, 0.1) is 3.57 Å². The van der Waals surface area contributed by atoms with Crippen LogP contribution in [0.15, 0.2) is 18.2 Å².